The van der Waals surface area contributed by atoms with Crippen LogP contribution < -0.4 is 15.4 Å². The lowest BCUT2D eigenvalue weighted by molar-refractivity contribution is -0.117. The lowest BCUT2D eigenvalue weighted by Crippen LogP contribution is -2.15. The lowest BCUT2D eigenvalue weighted by atomic mass is 10.1. The average Bonchev–Trinajstić information content (AvgIpc) is 3.58. The molecule has 5 nitrogen and oxygen atoms in total. The first-order chi connectivity index (χ1) is 14.6. The summed E-state index contributed by atoms with van der Waals surface area (Å²) in [5, 5.41) is 5.70. The summed E-state index contributed by atoms with van der Waals surface area (Å²) in [7, 11) is 0. The first-order valence-corrected chi connectivity index (χ1v) is 9.76. The quantitative estimate of drug-likeness (QED) is 0.582. The van der Waals surface area contributed by atoms with Crippen LogP contribution in [-0.4, -0.2) is 11.8 Å². The number of carbonyl (C=O) groups excluding carboxylic acids is 2. The Kier molecular flexibility index (Phi) is 5.75. The van der Waals surface area contributed by atoms with Crippen LogP contribution >= 0.6 is 0 Å². The molecule has 0 aliphatic heterocycles. The van der Waals surface area contributed by atoms with Crippen LogP contribution in [-0.2, 0) is 11.4 Å². The van der Waals surface area contributed by atoms with Gasteiger partial charge in [0.25, 0.3) is 5.91 Å². The van der Waals surface area contributed by atoms with Gasteiger partial charge in [-0.25, -0.2) is 4.39 Å². The van der Waals surface area contributed by atoms with Crippen molar-refractivity contribution in [2.24, 2.45) is 5.92 Å². The minimum Gasteiger partial charge on any atom is -0.489 e. The van der Waals surface area contributed by atoms with Crippen LogP contribution in [0.25, 0.3) is 0 Å². The monoisotopic (exact) mass is 404 g/mol. The van der Waals surface area contributed by atoms with Crippen molar-refractivity contribution in [3.63, 3.8) is 0 Å². The fourth-order valence-corrected chi connectivity index (χ4v) is 2.99. The van der Waals surface area contributed by atoms with Crippen molar-refractivity contribution in [1.29, 1.82) is 0 Å². The number of ether oxygens (including phenoxy) is 1. The number of hydrogen-bond donors (Lipinski definition) is 2. The zero-order valence-corrected chi connectivity index (χ0v) is 16.2. The Bertz CT molecular complexity index is 1080. The van der Waals surface area contributed by atoms with Gasteiger partial charge in [-0.05, 0) is 60.9 Å². The Labute approximate surface area is 173 Å². The summed E-state index contributed by atoms with van der Waals surface area (Å²) >= 11 is 0. The van der Waals surface area contributed by atoms with E-state index in [2.05, 4.69) is 10.6 Å². The molecule has 6 heteroatoms. The zero-order valence-electron chi connectivity index (χ0n) is 16.2. The molecule has 3 aromatic carbocycles. The number of carbonyl (C=O) groups is 2. The maximum absolute atomic E-state index is 13.3. The molecule has 2 amide bonds. The van der Waals surface area contributed by atoms with E-state index < -0.39 is 0 Å². The van der Waals surface area contributed by atoms with Crippen LogP contribution in [0.2, 0.25) is 0 Å². The molecule has 3 aromatic rings. The third-order valence-corrected chi connectivity index (χ3v) is 4.73. The highest BCUT2D eigenvalue weighted by Gasteiger charge is 2.29. The SMILES string of the molecule is O=C(Nc1cccc(COc2cccc(F)c2)c1)c1cccc(NC(=O)C2CC2)c1. The van der Waals surface area contributed by atoms with E-state index in [1.165, 1.54) is 12.1 Å². The maximum Gasteiger partial charge on any atom is 0.255 e. The van der Waals surface area contributed by atoms with E-state index in [4.69, 9.17) is 4.74 Å². The third-order valence-electron chi connectivity index (χ3n) is 4.73. The molecule has 0 saturated heterocycles. The van der Waals surface area contributed by atoms with Gasteiger partial charge < -0.3 is 15.4 Å². The molecule has 2 N–H and O–H groups in total. The van der Waals surface area contributed by atoms with Crippen molar-refractivity contribution in [1.82, 2.24) is 0 Å². The first kappa shape index (κ1) is 19.6. The smallest absolute Gasteiger partial charge is 0.255 e. The molecule has 1 aliphatic carbocycles. The fraction of sp³-hybridized carbons (Fsp3) is 0.167. The normalized spacial score (nSPS) is 12.8. The summed E-state index contributed by atoms with van der Waals surface area (Å²) in [5.74, 6) is -0.0994. The molecule has 0 unspecified atom stereocenters. The zero-order chi connectivity index (χ0) is 20.9. The molecule has 1 fully saturated rings. The second-order valence-electron chi connectivity index (χ2n) is 7.24. The predicted molar refractivity (Wildman–Crippen MR) is 113 cm³/mol. The first-order valence-electron chi connectivity index (χ1n) is 9.76. The number of hydrogen-bond acceptors (Lipinski definition) is 3. The van der Waals surface area contributed by atoms with Crippen molar-refractivity contribution in [3.8, 4) is 5.75 Å². The Morgan fingerprint density at radius 1 is 0.900 bits per heavy atom. The van der Waals surface area contributed by atoms with E-state index in [9.17, 15) is 14.0 Å². The molecular formula is C24H21FN2O3. The van der Waals surface area contributed by atoms with E-state index in [0.717, 1.165) is 18.4 Å². The van der Waals surface area contributed by atoms with Crippen molar-refractivity contribution < 1.29 is 18.7 Å². The molecule has 0 spiro atoms. The van der Waals surface area contributed by atoms with Crippen LogP contribution in [0.15, 0.2) is 72.8 Å². The summed E-state index contributed by atoms with van der Waals surface area (Å²) in [6, 6.07) is 20.1. The number of amides is 2. The topological polar surface area (TPSA) is 67.4 Å². The third kappa shape index (κ3) is 5.23. The molecule has 0 heterocycles. The largest absolute Gasteiger partial charge is 0.489 e. The van der Waals surface area contributed by atoms with E-state index in [0.29, 0.717) is 22.7 Å². The van der Waals surface area contributed by atoms with Crippen LogP contribution in [0.5, 0.6) is 5.75 Å². The maximum atomic E-state index is 13.3. The summed E-state index contributed by atoms with van der Waals surface area (Å²) in [4.78, 5) is 24.6. The van der Waals surface area contributed by atoms with Gasteiger partial charge in [-0.15, -0.1) is 0 Å². The number of anilines is 2. The highest BCUT2D eigenvalue weighted by Crippen LogP contribution is 2.30. The molecule has 0 atom stereocenters. The second-order valence-corrected chi connectivity index (χ2v) is 7.24. The van der Waals surface area contributed by atoms with Crippen molar-refractivity contribution in [3.05, 3.63) is 89.7 Å². The summed E-state index contributed by atoms with van der Waals surface area (Å²) in [6.45, 7) is 0.246. The molecule has 1 aliphatic rings. The van der Waals surface area contributed by atoms with E-state index >= 15 is 0 Å². The van der Waals surface area contributed by atoms with Gasteiger partial charge in [-0.1, -0.05) is 24.3 Å². The van der Waals surface area contributed by atoms with Crippen LogP contribution in [0.3, 0.4) is 0 Å². The van der Waals surface area contributed by atoms with Crippen LogP contribution in [0, 0.1) is 11.7 Å². The summed E-state index contributed by atoms with van der Waals surface area (Å²) < 4.78 is 18.9. The van der Waals surface area contributed by atoms with E-state index in [1.807, 2.05) is 12.1 Å². The summed E-state index contributed by atoms with van der Waals surface area (Å²) in [6.07, 6.45) is 1.84. The highest BCUT2D eigenvalue weighted by molar-refractivity contribution is 6.05. The van der Waals surface area contributed by atoms with Crippen LogP contribution in [0.1, 0.15) is 28.8 Å². The van der Waals surface area contributed by atoms with Crippen LogP contribution in [0.4, 0.5) is 15.8 Å². The molecule has 0 radical (unpaired) electrons. The summed E-state index contributed by atoms with van der Waals surface area (Å²) in [5.41, 5.74) is 2.51. The minimum atomic E-state index is -0.357. The number of benzene rings is 3. The molecule has 30 heavy (non-hydrogen) atoms. The fourth-order valence-electron chi connectivity index (χ4n) is 2.99. The molecule has 0 aromatic heterocycles. The standard InChI is InChI=1S/C24H21FN2O3/c25-19-6-3-9-22(14-19)30-15-16-4-1-7-20(12-16)26-24(29)18-5-2-8-21(13-18)27-23(28)17-10-11-17/h1-9,12-14,17H,10-11,15H2,(H,26,29)(H,27,28). The number of nitrogens with one attached hydrogen (secondary N) is 2. The van der Waals surface area contributed by atoms with Crippen molar-refractivity contribution >= 4 is 23.2 Å². The number of halogens is 1. The predicted octanol–water partition coefficient (Wildman–Crippen LogP) is 5.01. The molecule has 4 rings (SSSR count). The molecular weight excluding hydrogens is 383 g/mol. The van der Waals surface area contributed by atoms with Gasteiger partial charge in [-0.2, -0.15) is 0 Å². The van der Waals surface area contributed by atoms with Gasteiger partial charge in [0.15, 0.2) is 0 Å². The average molecular weight is 404 g/mol. The highest BCUT2D eigenvalue weighted by atomic mass is 19.1. The van der Waals surface area contributed by atoms with Crippen molar-refractivity contribution in [2.45, 2.75) is 19.4 Å². The van der Waals surface area contributed by atoms with Gasteiger partial charge in [0.1, 0.15) is 18.2 Å². The van der Waals surface area contributed by atoms with E-state index in [-0.39, 0.29) is 30.2 Å². The Morgan fingerprint density at radius 3 is 2.40 bits per heavy atom. The van der Waals surface area contributed by atoms with Gasteiger partial charge in [0.05, 0.1) is 0 Å². The number of rotatable bonds is 7. The molecule has 1 saturated carbocycles. The second kappa shape index (κ2) is 8.78. The van der Waals surface area contributed by atoms with Gasteiger partial charge >= 0.3 is 0 Å². The van der Waals surface area contributed by atoms with Gasteiger partial charge in [-0.3, -0.25) is 9.59 Å². The Hall–Kier alpha value is -3.67. The molecule has 152 valence electrons. The molecule has 0 bridgehead atoms. The minimum absolute atomic E-state index is 0.00134. The van der Waals surface area contributed by atoms with Crippen molar-refractivity contribution in [2.75, 3.05) is 10.6 Å². The van der Waals surface area contributed by atoms with Gasteiger partial charge in [0, 0.05) is 28.9 Å². The Balaban J connectivity index is 1.38. The van der Waals surface area contributed by atoms with E-state index in [1.54, 1.807) is 48.5 Å². The van der Waals surface area contributed by atoms with Gasteiger partial charge in [0.2, 0.25) is 5.91 Å². The Morgan fingerprint density at radius 2 is 1.63 bits per heavy atom. The lowest BCUT2D eigenvalue weighted by Gasteiger charge is -2.10.